The van der Waals surface area contributed by atoms with Crippen molar-refractivity contribution in [1.29, 1.82) is 0 Å². The van der Waals surface area contributed by atoms with Crippen LogP contribution in [0.5, 0.6) is 0 Å². The summed E-state index contributed by atoms with van der Waals surface area (Å²) in [5, 5.41) is 9.67. The highest BCUT2D eigenvalue weighted by Gasteiger charge is 2.46. The summed E-state index contributed by atoms with van der Waals surface area (Å²) in [6, 6.07) is 12.1. The Morgan fingerprint density at radius 1 is 1.16 bits per heavy atom. The van der Waals surface area contributed by atoms with E-state index in [1.807, 2.05) is 0 Å². The van der Waals surface area contributed by atoms with Gasteiger partial charge in [-0.25, -0.2) is 9.18 Å². The van der Waals surface area contributed by atoms with E-state index in [1.165, 1.54) is 24.0 Å². The summed E-state index contributed by atoms with van der Waals surface area (Å²) in [5.41, 5.74) is -0.997. The molecule has 2 rings (SSSR count). The number of aliphatic carboxylic acids is 1. The Hall–Kier alpha value is -2.40. The molecule has 0 radical (unpaired) electrons. The van der Waals surface area contributed by atoms with Crippen LogP contribution in [-0.4, -0.2) is 22.5 Å². The van der Waals surface area contributed by atoms with Gasteiger partial charge in [0.2, 0.25) is 0 Å². The van der Waals surface area contributed by atoms with Gasteiger partial charge in [-0.2, -0.15) is 0 Å². The van der Waals surface area contributed by atoms with Crippen LogP contribution < -0.4 is 4.90 Å². The highest BCUT2D eigenvalue weighted by Crippen LogP contribution is 2.34. The lowest BCUT2D eigenvalue weighted by Crippen LogP contribution is -2.59. The molecule has 6 heteroatoms. The third-order valence-corrected chi connectivity index (χ3v) is 4.70. The van der Waals surface area contributed by atoms with Crippen LogP contribution in [-0.2, 0) is 4.79 Å². The van der Waals surface area contributed by atoms with Gasteiger partial charge in [-0.1, -0.05) is 43.6 Å². The summed E-state index contributed by atoms with van der Waals surface area (Å²) in [5.74, 6) is -2.71. The SMILES string of the molecule is CC(C)[C@@](C)(C(=O)O)N(C(=O)c1ccccc1)c1ccc(F)c(Cl)c1. The zero-order chi connectivity index (χ0) is 18.8. The molecule has 2 aromatic rings. The maximum Gasteiger partial charge on any atom is 0.329 e. The van der Waals surface area contributed by atoms with Gasteiger partial charge in [0, 0.05) is 11.3 Å². The first-order valence-electron chi connectivity index (χ1n) is 7.77. The van der Waals surface area contributed by atoms with Crippen LogP contribution in [0.4, 0.5) is 10.1 Å². The number of rotatable bonds is 5. The number of hydrogen-bond acceptors (Lipinski definition) is 2. The van der Waals surface area contributed by atoms with Gasteiger partial charge in [0.05, 0.1) is 5.02 Å². The predicted octanol–water partition coefficient (Wildman–Crippen LogP) is 4.63. The van der Waals surface area contributed by atoms with Crippen molar-refractivity contribution in [2.45, 2.75) is 26.3 Å². The van der Waals surface area contributed by atoms with E-state index in [-0.39, 0.29) is 10.7 Å². The molecule has 0 unspecified atom stereocenters. The molecule has 0 saturated heterocycles. The molecule has 0 spiro atoms. The Bertz CT molecular complexity index is 795. The van der Waals surface area contributed by atoms with E-state index in [0.717, 1.165) is 6.07 Å². The van der Waals surface area contributed by atoms with Crippen molar-refractivity contribution in [2.75, 3.05) is 4.90 Å². The molecule has 0 aliphatic carbocycles. The quantitative estimate of drug-likeness (QED) is 0.842. The zero-order valence-electron chi connectivity index (χ0n) is 14.2. The second kappa shape index (κ2) is 7.23. The summed E-state index contributed by atoms with van der Waals surface area (Å²) < 4.78 is 13.5. The zero-order valence-corrected chi connectivity index (χ0v) is 14.9. The monoisotopic (exact) mass is 363 g/mol. The van der Waals surface area contributed by atoms with E-state index < -0.39 is 29.2 Å². The van der Waals surface area contributed by atoms with Crippen molar-refractivity contribution in [3.05, 3.63) is 64.9 Å². The van der Waals surface area contributed by atoms with Gasteiger partial charge < -0.3 is 5.11 Å². The van der Waals surface area contributed by atoms with Crippen molar-refractivity contribution in [3.8, 4) is 0 Å². The van der Waals surface area contributed by atoms with Crippen molar-refractivity contribution in [3.63, 3.8) is 0 Å². The lowest BCUT2D eigenvalue weighted by atomic mass is 9.85. The predicted molar refractivity (Wildman–Crippen MR) is 95.5 cm³/mol. The molecule has 0 aromatic heterocycles. The Balaban J connectivity index is 2.68. The van der Waals surface area contributed by atoms with Crippen molar-refractivity contribution in [1.82, 2.24) is 0 Å². The number of nitrogens with zero attached hydrogens (tertiary/aromatic N) is 1. The second-order valence-electron chi connectivity index (χ2n) is 6.21. The van der Waals surface area contributed by atoms with E-state index in [9.17, 15) is 19.1 Å². The van der Waals surface area contributed by atoms with Crippen LogP contribution in [0.1, 0.15) is 31.1 Å². The molecule has 0 aliphatic rings. The van der Waals surface area contributed by atoms with Crippen LogP contribution in [0.25, 0.3) is 0 Å². The van der Waals surface area contributed by atoms with Gasteiger partial charge in [0.15, 0.2) is 0 Å². The molecule has 0 saturated carbocycles. The first kappa shape index (κ1) is 18.9. The van der Waals surface area contributed by atoms with Gasteiger partial charge in [0.25, 0.3) is 5.91 Å². The third-order valence-electron chi connectivity index (χ3n) is 4.41. The number of amides is 1. The highest BCUT2D eigenvalue weighted by atomic mass is 35.5. The third kappa shape index (κ3) is 3.51. The topological polar surface area (TPSA) is 57.6 Å². The van der Waals surface area contributed by atoms with Gasteiger partial charge >= 0.3 is 5.97 Å². The molecular formula is C19H19ClFNO3. The number of carbonyl (C=O) groups is 2. The second-order valence-corrected chi connectivity index (χ2v) is 6.62. The number of anilines is 1. The fourth-order valence-corrected chi connectivity index (χ4v) is 2.71. The summed E-state index contributed by atoms with van der Waals surface area (Å²) in [4.78, 5) is 26.4. The normalized spacial score (nSPS) is 13.4. The van der Waals surface area contributed by atoms with E-state index in [0.29, 0.717) is 5.56 Å². The fourth-order valence-electron chi connectivity index (χ4n) is 2.53. The van der Waals surface area contributed by atoms with Crippen LogP contribution in [0.2, 0.25) is 5.02 Å². The van der Waals surface area contributed by atoms with Crippen molar-refractivity contribution >= 4 is 29.2 Å². The molecule has 132 valence electrons. The minimum Gasteiger partial charge on any atom is -0.479 e. The maximum atomic E-state index is 13.5. The summed E-state index contributed by atoms with van der Waals surface area (Å²) >= 11 is 5.86. The van der Waals surface area contributed by atoms with Gasteiger partial charge in [-0.05, 0) is 43.2 Å². The standard InChI is InChI=1S/C19H19ClFNO3/c1-12(2)19(3,18(24)25)22(14-9-10-16(21)15(20)11-14)17(23)13-7-5-4-6-8-13/h4-12H,1-3H3,(H,24,25)/t19-/m0/s1. The van der Waals surface area contributed by atoms with Gasteiger partial charge in [0.1, 0.15) is 11.4 Å². The van der Waals surface area contributed by atoms with Crippen LogP contribution in [0.3, 0.4) is 0 Å². The highest BCUT2D eigenvalue weighted by molar-refractivity contribution is 6.31. The van der Waals surface area contributed by atoms with Crippen LogP contribution >= 0.6 is 11.6 Å². The molecule has 0 heterocycles. The minimum absolute atomic E-state index is 0.181. The molecule has 0 aliphatic heterocycles. The Morgan fingerprint density at radius 3 is 2.24 bits per heavy atom. The Morgan fingerprint density at radius 2 is 1.76 bits per heavy atom. The number of carbonyl (C=O) groups excluding carboxylic acids is 1. The fraction of sp³-hybridized carbons (Fsp3) is 0.263. The largest absolute Gasteiger partial charge is 0.479 e. The van der Waals surface area contributed by atoms with Crippen molar-refractivity contribution in [2.24, 2.45) is 5.92 Å². The van der Waals surface area contributed by atoms with E-state index >= 15 is 0 Å². The van der Waals surface area contributed by atoms with Gasteiger partial charge in [-0.3, -0.25) is 9.69 Å². The van der Waals surface area contributed by atoms with Crippen LogP contribution in [0.15, 0.2) is 48.5 Å². The summed E-state index contributed by atoms with van der Waals surface area (Å²) in [7, 11) is 0. The van der Waals surface area contributed by atoms with Crippen molar-refractivity contribution < 1.29 is 19.1 Å². The Kier molecular flexibility index (Phi) is 5.48. The molecule has 0 fully saturated rings. The summed E-state index contributed by atoms with van der Waals surface area (Å²) in [6.45, 7) is 4.90. The number of halogens is 2. The average molecular weight is 364 g/mol. The van der Waals surface area contributed by atoms with E-state index in [2.05, 4.69) is 0 Å². The lowest BCUT2D eigenvalue weighted by molar-refractivity contribution is -0.144. The first-order chi connectivity index (χ1) is 11.7. The molecule has 0 bridgehead atoms. The van der Waals surface area contributed by atoms with E-state index in [4.69, 9.17) is 11.6 Å². The Labute approximate surface area is 150 Å². The smallest absolute Gasteiger partial charge is 0.329 e. The van der Waals surface area contributed by atoms with Gasteiger partial charge in [-0.15, -0.1) is 0 Å². The number of hydrogen-bond donors (Lipinski definition) is 1. The summed E-state index contributed by atoms with van der Waals surface area (Å²) in [6.07, 6.45) is 0. The maximum absolute atomic E-state index is 13.5. The minimum atomic E-state index is -1.55. The lowest BCUT2D eigenvalue weighted by Gasteiger charge is -2.41. The first-order valence-corrected chi connectivity index (χ1v) is 8.15. The molecule has 1 atom stereocenters. The number of carboxylic acid groups (broad SMARTS) is 1. The molecule has 4 nitrogen and oxygen atoms in total. The average Bonchev–Trinajstić information content (AvgIpc) is 2.58. The van der Waals surface area contributed by atoms with E-state index in [1.54, 1.807) is 44.2 Å². The number of benzene rings is 2. The molecule has 1 N–H and O–H groups in total. The number of carboxylic acids is 1. The molecule has 2 aromatic carbocycles. The van der Waals surface area contributed by atoms with Crippen LogP contribution in [0, 0.1) is 11.7 Å². The molecule has 25 heavy (non-hydrogen) atoms. The molecule has 1 amide bonds. The molecular weight excluding hydrogens is 345 g/mol.